The number of phenolic OH excluding ortho intramolecular Hbond substituents is 1. The van der Waals surface area contributed by atoms with Crippen molar-refractivity contribution in [2.24, 2.45) is 5.10 Å². The number of para-hydroxylation sites is 2. The quantitative estimate of drug-likeness (QED) is 0.644. The highest BCUT2D eigenvalue weighted by Gasteiger charge is 2.26. The maximum Gasteiger partial charge on any atom is 0.265 e. The summed E-state index contributed by atoms with van der Waals surface area (Å²) in [6, 6.07) is 11.4. The molecule has 3 rings (SSSR count). The van der Waals surface area contributed by atoms with Crippen LogP contribution in [0.1, 0.15) is 5.56 Å². The Labute approximate surface area is 148 Å². The standard InChI is InChI=1S/C17H14ClN3O4/c18-12-5-6-14(22)11(7-12)8-19-20-16(23)9-21-13-3-1-2-4-15(13)25-10-17(21)24/h1-8,22H,9-10H2,(H,20,23)/b19-8+. The van der Waals surface area contributed by atoms with Gasteiger partial charge in [-0.05, 0) is 30.3 Å². The molecule has 0 unspecified atom stereocenters. The molecule has 0 aliphatic carbocycles. The van der Waals surface area contributed by atoms with Gasteiger partial charge in [-0.15, -0.1) is 0 Å². The number of carbonyl (C=O) groups is 2. The second-order valence-corrected chi connectivity index (χ2v) is 5.67. The zero-order valence-electron chi connectivity index (χ0n) is 13.0. The van der Waals surface area contributed by atoms with Gasteiger partial charge in [0.25, 0.3) is 11.8 Å². The van der Waals surface area contributed by atoms with Crippen molar-refractivity contribution in [3.63, 3.8) is 0 Å². The summed E-state index contributed by atoms with van der Waals surface area (Å²) in [6.07, 6.45) is 1.27. The van der Waals surface area contributed by atoms with Gasteiger partial charge in [-0.3, -0.25) is 14.5 Å². The summed E-state index contributed by atoms with van der Waals surface area (Å²) >= 11 is 5.83. The number of anilines is 1. The summed E-state index contributed by atoms with van der Waals surface area (Å²) in [6.45, 7) is -0.317. The van der Waals surface area contributed by atoms with Crippen LogP contribution in [0.25, 0.3) is 0 Å². The van der Waals surface area contributed by atoms with Crippen LogP contribution in [0.15, 0.2) is 47.6 Å². The predicted molar refractivity (Wildman–Crippen MR) is 93.1 cm³/mol. The Balaban J connectivity index is 1.66. The molecule has 8 heteroatoms. The summed E-state index contributed by atoms with van der Waals surface area (Å²) in [5, 5.41) is 13.9. The molecular formula is C17H14ClN3O4. The van der Waals surface area contributed by atoms with Crippen LogP contribution in [0, 0.1) is 0 Å². The monoisotopic (exact) mass is 359 g/mol. The van der Waals surface area contributed by atoms with E-state index in [-0.39, 0.29) is 24.8 Å². The van der Waals surface area contributed by atoms with Crippen molar-refractivity contribution in [2.75, 3.05) is 18.1 Å². The minimum absolute atomic E-state index is 0.0142. The number of amides is 2. The summed E-state index contributed by atoms with van der Waals surface area (Å²) in [4.78, 5) is 25.4. The number of hydrogen-bond acceptors (Lipinski definition) is 5. The van der Waals surface area contributed by atoms with Gasteiger partial charge in [0.2, 0.25) is 0 Å². The Morgan fingerprint density at radius 2 is 2.16 bits per heavy atom. The van der Waals surface area contributed by atoms with E-state index in [4.69, 9.17) is 16.3 Å². The van der Waals surface area contributed by atoms with Gasteiger partial charge >= 0.3 is 0 Å². The Kier molecular flexibility index (Phi) is 4.85. The molecule has 0 saturated heterocycles. The van der Waals surface area contributed by atoms with E-state index >= 15 is 0 Å². The van der Waals surface area contributed by atoms with E-state index in [1.165, 1.54) is 29.3 Å². The number of hydrogen-bond donors (Lipinski definition) is 2. The zero-order chi connectivity index (χ0) is 17.8. The van der Waals surface area contributed by atoms with Crippen molar-refractivity contribution < 1.29 is 19.4 Å². The van der Waals surface area contributed by atoms with Gasteiger partial charge in [-0.2, -0.15) is 5.10 Å². The topological polar surface area (TPSA) is 91.2 Å². The number of carbonyl (C=O) groups excluding carboxylic acids is 2. The molecule has 2 N–H and O–H groups in total. The predicted octanol–water partition coefficient (Wildman–Crippen LogP) is 1.92. The molecule has 0 saturated carbocycles. The minimum atomic E-state index is -0.483. The van der Waals surface area contributed by atoms with Gasteiger partial charge in [0.1, 0.15) is 18.0 Å². The molecule has 1 aliphatic rings. The van der Waals surface area contributed by atoms with E-state index in [0.29, 0.717) is 22.0 Å². The van der Waals surface area contributed by atoms with E-state index in [0.717, 1.165) is 0 Å². The highest BCUT2D eigenvalue weighted by Crippen LogP contribution is 2.31. The number of ether oxygens (including phenoxy) is 1. The molecule has 0 aromatic heterocycles. The smallest absolute Gasteiger partial charge is 0.265 e. The summed E-state index contributed by atoms with van der Waals surface area (Å²) in [5.74, 6) is -0.268. The summed E-state index contributed by atoms with van der Waals surface area (Å²) in [7, 11) is 0. The van der Waals surface area contributed by atoms with Gasteiger partial charge in [0.15, 0.2) is 6.61 Å². The van der Waals surface area contributed by atoms with Crippen molar-refractivity contribution in [2.45, 2.75) is 0 Å². The molecule has 0 radical (unpaired) electrons. The molecule has 2 aromatic rings. The van der Waals surface area contributed by atoms with E-state index in [1.807, 2.05) is 0 Å². The first kappa shape index (κ1) is 16.8. The maximum atomic E-state index is 12.1. The zero-order valence-corrected chi connectivity index (χ0v) is 13.7. The fourth-order valence-corrected chi connectivity index (χ4v) is 2.49. The van der Waals surface area contributed by atoms with Crippen LogP contribution < -0.4 is 15.1 Å². The number of benzene rings is 2. The number of nitrogens with one attached hydrogen (secondary N) is 1. The lowest BCUT2D eigenvalue weighted by molar-refractivity contribution is -0.125. The lowest BCUT2D eigenvalue weighted by atomic mass is 10.2. The molecule has 0 fully saturated rings. The highest BCUT2D eigenvalue weighted by atomic mass is 35.5. The summed E-state index contributed by atoms with van der Waals surface area (Å²) < 4.78 is 5.32. The van der Waals surface area contributed by atoms with Gasteiger partial charge < -0.3 is 9.84 Å². The Morgan fingerprint density at radius 1 is 1.36 bits per heavy atom. The minimum Gasteiger partial charge on any atom is -0.507 e. The van der Waals surface area contributed by atoms with Gasteiger partial charge in [0, 0.05) is 10.6 Å². The van der Waals surface area contributed by atoms with Crippen molar-refractivity contribution in [1.82, 2.24) is 5.43 Å². The number of fused-ring (bicyclic) bond motifs is 1. The average Bonchev–Trinajstić information content (AvgIpc) is 2.60. The van der Waals surface area contributed by atoms with Gasteiger partial charge in [-0.25, -0.2) is 5.43 Å². The molecule has 1 heterocycles. The number of aromatic hydroxyl groups is 1. The number of halogens is 1. The van der Waals surface area contributed by atoms with Gasteiger partial charge in [0.05, 0.1) is 11.9 Å². The number of hydrazone groups is 1. The molecule has 0 spiro atoms. The third kappa shape index (κ3) is 3.89. The van der Waals surface area contributed by atoms with E-state index in [1.54, 1.807) is 24.3 Å². The third-order valence-electron chi connectivity index (χ3n) is 3.49. The third-order valence-corrected chi connectivity index (χ3v) is 3.73. The van der Waals surface area contributed by atoms with Crippen molar-refractivity contribution in [3.05, 3.63) is 53.1 Å². The fourth-order valence-electron chi connectivity index (χ4n) is 2.31. The first-order valence-corrected chi connectivity index (χ1v) is 7.75. The molecule has 0 bridgehead atoms. The first-order chi connectivity index (χ1) is 12.0. The van der Waals surface area contributed by atoms with Crippen LogP contribution in [0.2, 0.25) is 5.02 Å². The Bertz CT molecular complexity index is 854. The van der Waals surface area contributed by atoms with Gasteiger partial charge in [-0.1, -0.05) is 23.7 Å². The number of nitrogens with zero attached hydrogens (tertiary/aromatic N) is 2. The molecule has 0 atom stereocenters. The van der Waals surface area contributed by atoms with Crippen LogP contribution in [-0.2, 0) is 9.59 Å². The molecule has 25 heavy (non-hydrogen) atoms. The van der Waals surface area contributed by atoms with Crippen LogP contribution in [-0.4, -0.2) is 36.3 Å². The van der Waals surface area contributed by atoms with E-state index in [2.05, 4.69) is 10.5 Å². The van der Waals surface area contributed by atoms with Crippen LogP contribution in [0.3, 0.4) is 0 Å². The number of rotatable bonds is 4. The van der Waals surface area contributed by atoms with E-state index in [9.17, 15) is 14.7 Å². The van der Waals surface area contributed by atoms with Crippen molar-refractivity contribution >= 4 is 35.3 Å². The molecular weight excluding hydrogens is 346 g/mol. The van der Waals surface area contributed by atoms with Crippen LogP contribution in [0.5, 0.6) is 11.5 Å². The lowest BCUT2D eigenvalue weighted by Crippen LogP contribution is -2.44. The van der Waals surface area contributed by atoms with Crippen LogP contribution in [0.4, 0.5) is 5.69 Å². The second kappa shape index (κ2) is 7.23. The second-order valence-electron chi connectivity index (χ2n) is 5.23. The molecule has 2 aromatic carbocycles. The molecule has 2 amide bonds. The molecule has 1 aliphatic heterocycles. The average molecular weight is 360 g/mol. The number of phenols is 1. The van der Waals surface area contributed by atoms with E-state index < -0.39 is 5.91 Å². The largest absolute Gasteiger partial charge is 0.507 e. The Morgan fingerprint density at radius 3 is 3.00 bits per heavy atom. The Hall–Kier alpha value is -3.06. The molecule has 7 nitrogen and oxygen atoms in total. The lowest BCUT2D eigenvalue weighted by Gasteiger charge is -2.28. The maximum absolute atomic E-state index is 12.1. The van der Waals surface area contributed by atoms with Crippen molar-refractivity contribution in [3.8, 4) is 11.5 Å². The summed E-state index contributed by atoms with van der Waals surface area (Å²) in [5.41, 5.74) is 3.21. The van der Waals surface area contributed by atoms with Crippen molar-refractivity contribution in [1.29, 1.82) is 0 Å². The SMILES string of the molecule is O=C(CN1C(=O)COc2ccccc21)N/N=C/c1cc(Cl)ccc1O. The normalized spacial score (nSPS) is 13.5. The fraction of sp³-hybridized carbons (Fsp3) is 0.118. The first-order valence-electron chi connectivity index (χ1n) is 7.37. The highest BCUT2D eigenvalue weighted by molar-refractivity contribution is 6.30. The molecule has 128 valence electrons. The van der Waals surface area contributed by atoms with Crippen LogP contribution >= 0.6 is 11.6 Å².